The summed E-state index contributed by atoms with van der Waals surface area (Å²) >= 11 is 0. The first-order valence-corrected chi connectivity index (χ1v) is 4.46. The lowest BCUT2D eigenvalue weighted by molar-refractivity contribution is 0.103. The van der Waals surface area contributed by atoms with Gasteiger partial charge < -0.3 is 4.98 Å². The van der Waals surface area contributed by atoms with Crippen molar-refractivity contribution < 1.29 is 4.79 Å². The number of nitrogens with one attached hydrogen (secondary N) is 1. The first kappa shape index (κ1) is 8.75. The number of Topliss-reactive ketones (excluding diaryl/α,β-unsaturated/α-hetero) is 1. The highest BCUT2D eigenvalue weighted by Crippen LogP contribution is 2.19. The normalized spacial score (nSPS) is 10.4. The summed E-state index contributed by atoms with van der Waals surface area (Å²) in [5, 5.41) is 0.959. The van der Waals surface area contributed by atoms with E-state index in [2.05, 4.69) is 11.6 Å². The van der Waals surface area contributed by atoms with Gasteiger partial charge in [0.15, 0.2) is 5.78 Å². The highest BCUT2D eigenvalue weighted by Gasteiger charge is 2.11. The maximum atomic E-state index is 11.7. The van der Waals surface area contributed by atoms with Gasteiger partial charge in [-0.3, -0.25) is 4.79 Å². The molecule has 0 bridgehead atoms. The van der Waals surface area contributed by atoms with Crippen molar-refractivity contribution in [2.75, 3.05) is 0 Å². The van der Waals surface area contributed by atoms with Crippen LogP contribution in [0.3, 0.4) is 0 Å². The third-order valence-electron chi connectivity index (χ3n) is 2.22. The van der Waals surface area contributed by atoms with Gasteiger partial charge in [-0.25, -0.2) is 0 Å². The molecule has 1 heterocycles. The Bertz CT molecular complexity index is 508. The summed E-state index contributed by atoms with van der Waals surface area (Å²) in [5.74, 6) is 0.00227. The fraction of sp³-hybridized carbons (Fsp3) is 0.0833. The minimum atomic E-state index is 0.00227. The van der Waals surface area contributed by atoms with Gasteiger partial charge in [0, 0.05) is 22.7 Å². The van der Waals surface area contributed by atoms with Gasteiger partial charge in [0.05, 0.1) is 0 Å². The minimum absolute atomic E-state index is 0.00227. The zero-order valence-electron chi connectivity index (χ0n) is 8.00. The molecule has 0 aliphatic rings. The minimum Gasteiger partial charge on any atom is -0.360 e. The summed E-state index contributed by atoms with van der Waals surface area (Å²) < 4.78 is 0. The Morgan fingerprint density at radius 3 is 2.79 bits per heavy atom. The molecule has 1 aromatic heterocycles. The summed E-state index contributed by atoms with van der Waals surface area (Å²) in [4.78, 5) is 14.8. The molecule has 0 spiro atoms. The molecule has 2 nitrogen and oxygen atoms in total. The van der Waals surface area contributed by atoms with Crippen molar-refractivity contribution in [1.82, 2.24) is 4.98 Å². The lowest BCUT2D eigenvalue weighted by Gasteiger charge is -1.96. The van der Waals surface area contributed by atoms with E-state index in [1.54, 1.807) is 13.1 Å². The number of hydrogen-bond acceptors (Lipinski definition) is 1. The lowest BCUT2D eigenvalue weighted by atomic mass is 10.1. The van der Waals surface area contributed by atoms with Crippen molar-refractivity contribution >= 4 is 16.7 Å². The van der Waals surface area contributed by atoms with Gasteiger partial charge >= 0.3 is 0 Å². The Balaban J connectivity index is 2.64. The molecule has 2 rings (SSSR count). The van der Waals surface area contributed by atoms with Crippen LogP contribution in [0.1, 0.15) is 17.3 Å². The molecule has 0 fully saturated rings. The number of hydrogen-bond donors (Lipinski definition) is 1. The maximum absolute atomic E-state index is 11.7. The van der Waals surface area contributed by atoms with Gasteiger partial charge in [-0.15, -0.1) is 0 Å². The number of benzene rings is 1. The monoisotopic (exact) mass is 185 g/mol. The largest absolute Gasteiger partial charge is 0.360 e. The molecule has 1 N–H and O–H groups in total. The van der Waals surface area contributed by atoms with Crippen LogP contribution in [0.15, 0.2) is 42.6 Å². The van der Waals surface area contributed by atoms with Crippen molar-refractivity contribution in [3.63, 3.8) is 0 Å². The summed E-state index contributed by atoms with van der Waals surface area (Å²) in [5.41, 5.74) is 2.25. The van der Waals surface area contributed by atoms with Crippen molar-refractivity contribution in [2.45, 2.75) is 6.92 Å². The quantitative estimate of drug-likeness (QED) is 0.566. The fourth-order valence-corrected chi connectivity index (χ4v) is 1.49. The van der Waals surface area contributed by atoms with Crippen LogP contribution in [0.5, 0.6) is 0 Å². The van der Waals surface area contributed by atoms with Gasteiger partial charge in [0.25, 0.3) is 0 Å². The van der Waals surface area contributed by atoms with Crippen LogP contribution in [-0.2, 0) is 0 Å². The summed E-state index contributed by atoms with van der Waals surface area (Å²) in [6.45, 7) is 5.38. The summed E-state index contributed by atoms with van der Waals surface area (Å²) in [6, 6.07) is 7.74. The molecule has 0 saturated heterocycles. The van der Waals surface area contributed by atoms with Crippen LogP contribution in [0.25, 0.3) is 10.9 Å². The number of ketones is 1. The Morgan fingerprint density at radius 2 is 2.07 bits per heavy atom. The van der Waals surface area contributed by atoms with E-state index in [0.717, 1.165) is 10.9 Å². The highest BCUT2D eigenvalue weighted by molar-refractivity contribution is 6.15. The standard InChI is InChI=1S/C12H11NO/c1-8(2)12(14)10-7-13-11-6-4-3-5-9(10)11/h3-7,13H,1H2,2H3. The van der Waals surface area contributed by atoms with E-state index in [1.165, 1.54) is 0 Å². The molecule has 14 heavy (non-hydrogen) atoms. The molecule has 0 unspecified atom stereocenters. The van der Waals surface area contributed by atoms with Crippen LogP contribution in [0.4, 0.5) is 0 Å². The number of carbonyl (C=O) groups is 1. The number of fused-ring (bicyclic) bond motifs is 1. The van der Waals surface area contributed by atoms with E-state index in [4.69, 9.17) is 0 Å². The fourth-order valence-electron chi connectivity index (χ4n) is 1.49. The Hall–Kier alpha value is -1.83. The zero-order valence-corrected chi connectivity index (χ0v) is 8.00. The van der Waals surface area contributed by atoms with E-state index < -0.39 is 0 Å². The molecule has 2 heteroatoms. The Kier molecular flexibility index (Phi) is 1.97. The van der Waals surface area contributed by atoms with Gasteiger partial charge in [0.2, 0.25) is 0 Å². The molecular formula is C12H11NO. The molecule has 1 aromatic carbocycles. The molecule has 0 saturated carbocycles. The number of para-hydroxylation sites is 1. The van der Waals surface area contributed by atoms with Crippen LogP contribution in [-0.4, -0.2) is 10.8 Å². The molecule has 0 amide bonds. The van der Waals surface area contributed by atoms with E-state index >= 15 is 0 Å². The van der Waals surface area contributed by atoms with Crippen LogP contribution < -0.4 is 0 Å². The van der Waals surface area contributed by atoms with Gasteiger partial charge in [-0.2, -0.15) is 0 Å². The molecule has 0 aliphatic carbocycles. The second-order valence-corrected chi connectivity index (χ2v) is 3.36. The average Bonchev–Trinajstić information content (AvgIpc) is 2.60. The summed E-state index contributed by atoms with van der Waals surface area (Å²) in [6.07, 6.45) is 1.74. The second-order valence-electron chi connectivity index (χ2n) is 3.36. The first-order valence-electron chi connectivity index (χ1n) is 4.46. The number of aromatic nitrogens is 1. The van der Waals surface area contributed by atoms with Gasteiger partial charge in [-0.1, -0.05) is 24.8 Å². The van der Waals surface area contributed by atoms with E-state index in [9.17, 15) is 4.79 Å². The highest BCUT2D eigenvalue weighted by atomic mass is 16.1. The molecule has 0 atom stereocenters. The molecule has 0 radical (unpaired) electrons. The molecule has 70 valence electrons. The van der Waals surface area contributed by atoms with Crippen molar-refractivity contribution in [3.05, 3.63) is 48.2 Å². The van der Waals surface area contributed by atoms with Gasteiger partial charge in [-0.05, 0) is 18.6 Å². The third-order valence-corrected chi connectivity index (χ3v) is 2.22. The molecule has 2 aromatic rings. The van der Waals surface area contributed by atoms with Gasteiger partial charge in [0.1, 0.15) is 0 Å². The SMILES string of the molecule is C=C(C)C(=O)c1c[nH]c2ccccc12. The second kappa shape index (κ2) is 3.14. The summed E-state index contributed by atoms with van der Waals surface area (Å²) in [7, 11) is 0. The smallest absolute Gasteiger partial charge is 0.190 e. The topological polar surface area (TPSA) is 32.9 Å². The first-order chi connectivity index (χ1) is 6.70. The molecular weight excluding hydrogens is 174 g/mol. The van der Waals surface area contributed by atoms with E-state index in [-0.39, 0.29) is 5.78 Å². The predicted octanol–water partition coefficient (Wildman–Crippen LogP) is 2.93. The van der Waals surface area contributed by atoms with Crippen molar-refractivity contribution in [1.29, 1.82) is 0 Å². The predicted molar refractivity (Wildman–Crippen MR) is 57.4 cm³/mol. The molecule has 0 aliphatic heterocycles. The number of carbonyl (C=O) groups excluding carboxylic acids is 1. The van der Waals surface area contributed by atoms with Crippen molar-refractivity contribution in [3.8, 4) is 0 Å². The zero-order chi connectivity index (χ0) is 10.1. The van der Waals surface area contributed by atoms with Crippen LogP contribution in [0.2, 0.25) is 0 Å². The Labute approximate surface area is 82.3 Å². The number of allylic oxidation sites excluding steroid dienone is 1. The van der Waals surface area contributed by atoms with E-state index in [1.807, 2.05) is 24.3 Å². The van der Waals surface area contributed by atoms with Crippen LogP contribution in [0, 0.1) is 0 Å². The van der Waals surface area contributed by atoms with Crippen molar-refractivity contribution in [2.24, 2.45) is 0 Å². The number of H-pyrrole nitrogens is 1. The lowest BCUT2D eigenvalue weighted by Crippen LogP contribution is -1.97. The van der Waals surface area contributed by atoms with Crippen LogP contribution >= 0.6 is 0 Å². The number of aromatic amines is 1. The van der Waals surface area contributed by atoms with E-state index in [0.29, 0.717) is 11.1 Å². The maximum Gasteiger partial charge on any atom is 0.190 e. The number of rotatable bonds is 2. The Morgan fingerprint density at radius 1 is 1.36 bits per heavy atom. The average molecular weight is 185 g/mol. The third kappa shape index (κ3) is 1.25.